The number of rotatable bonds is 5. The van der Waals surface area contributed by atoms with Crippen molar-refractivity contribution in [1.82, 2.24) is 9.88 Å². The number of halogens is 1. The summed E-state index contributed by atoms with van der Waals surface area (Å²) in [7, 11) is 0. The van der Waals surface area contributed by atoms with E-state index in [0.717, 1.165) is 32.5 Å². The maximum absolute atomic E-state index is 13.0. The Morgan fingerprint density at radius 2 is 2.00 bits per heavy atom. The highest BCUT2D eigenvalue weighted by atomic mass is 19.1. The first-order chi connectivity index (χ1) is 12.6. The first-order valence-corrected chi connectivity index (χ1v) is 9.22. The van der Waals surface area contributed by atoms with E-state index < -0.39 is 0 Å². The lowest BCUT2D eigenvalue weighted by atomic mass is 10.0. The number of aromatic amines is 1. The molecule has 0 unspecified atom stereocenters. The standard InChI is InChI=1S/C22H23FN2O/c1-15-4-2-5-18-19-14-25(13-11-20(19)24-22(15)18)12-3-6-21(26)16-7-9-17(23)10-8-16/h2,4-5,7-10,24H,3,6,11-14H2,1H3. The summed E-state index contributed by atoms with van der Waals surface area (Å²) < 4.78 is 13.0. The fourth-order valence-corrected chi connectivity index (χ4v) is 3.87. The third kappa shape index (κ3) is 3.29. The van der Waals surface area contributed by atoms with E-state index in [1.165, 1.54) is 39.9 Å². The molecule has 0 fully saturated rings. The summed E-state index contributed by atoms with van der Waals surface area (Å²) in [6, 6.07) is 12.3. The number of nitrogens with one attached hydrogen (secondary N) is 1. The minimum Gasteiger partial charge on any atom is -0.358 e. The summed E-state index contributed by atoms with van der Waals surface area (Å²) in [4.78, 5) is 18.2. The van der Waals surface area contributed by atoms with Crippen LogP contribution in [0.3, 0.4) is 0 Å². The molecule has 26 heavy (non-hydrogen) atoms. The van der Waals surface area contributed by atoms with Gasteiger partial charge in [-0.15, -0.1) is 0 Å². The average molecular weight is 350 g/mol. The second-order valence-electron chi connectivity index (χ2n) is 7.14. The zero-order valence-corrected chi connectivity index (χ0v) is 15.0. The molecule has 1 aliphatic heterocycles. The van der Waals surface area contributed by atoms with E-state index in [0.29, 0.717) is 12.0 Å². The summed E-state index contributed by atoms with van der Waals surface area (Å²) >= 11 is 0. The normalized spacial score (nSPS) is 14.5. The minimum absolute atomic E-state index is 0.0883. The molecular formula is C22H23FN2O. The van der Waals surface area contributed by atoms with Crippen LogP contribution in [-0.2, 0) is 13.0 Å². The van der Waals surface area contributed by atoms with Crippen LogP contribution in [0.5, 0.6) is 0 Å². The topological polar surface area (TPSA) is 36.1 Å². The van der Waals surface area contributed by atoms with Crippen LogP contribution in [0.15, 0.2) is 42.5 Å². The zero-order valence-electron chi connectivity index (χ0n) is 15.0. The first-order valence-electron chi connectivity index (χ1n) is 9.22. The molecule has 0 bridgehead atoms. The third-order valence-electron chi connectivity index (χ3n) is 5.34. The van der Waals surface area contributed by atoms with Gasteiger partial charge >= 0.3 is 0 Å². The van der Waals surface area contributed by atoms with Crippen LogP contribution in [0.1, 0.15) is 40.0 Å². The van der Waals surface area contributed by atoms with Crippen molar-refractivity contribution in [2.75, 3.05) is 13.1 Å². The number of fused-ring (bicyclic) bond motifs is 3. The molecule has 134 valence electrons. The molecule has 0 spiro atoms. The third-order valence-corrected chi connectivity index (χ3v) is 5.34. The van der Waals surface area contributed by atoms with Gasteiger partial charge in [0.25, 0.3) is 0 Å². The van der Waals surface area contributed by atoms with Crippen molar-refractivity contribution in [3.63, 3.8) is 0 Å². The molecule has 0 saturated carbocycles. The van der Waals surface area contributed by atoms with Gasteiger partial charge in [0.2, 0.25) is 0 Å². The Morgan fingerprint density at radius 3 is 2.81 bits per heavy atom. The molecule has 0 saturated heterocycles. The van der Waals surface area contributed by atoms with Gasteiger partial charge in [0, 0.05) is 48.1 Å². The van der Waals surface area contributed by atoms with Gasteiger partial charge in [0.15, 0.2) is 5.78 Å². The number of hydrogen-bond acceptors (Lipinski definition) is 2. The Kier molecular flexibility index (Phi) is 4.60. The number of carbonyl (C=O) groups excluding carboxylic acids is 1. The predicted octanol–water partition coefficient (Wildman–Crippen LogP) is 4.64. The van der Waals surface area contributed by atoms with Crippen molar-refractivity contribution in [2.24, 2.45) is 0 Å². The maximum atomic E-state index is 13.0. The van der Waals surface area contributed by atoms with Gasteiger partial charge < -0.3 is 4.98 Å². The van der Waals surface area contributed by atoms with Gasteiger partial charge in [-0.2, -0.15) is 0 Å². The van der Waals surface area contributed by atoms with Gasteiger partial charge in [0.1, 0.15) is 5.82 Å². The highest BCUT2D eigenvalue weighted by Gasteiger charge is 2.21. The van der Waals surface area contributed by atoms with Gasteiger partial charge in [-0.1, -0.05) is 18.2 Å². The lowest BCUT2D eigenvalue weighted by Crippen LogP contribution is -2.31. The zero-order chi connectivity index (χ0) is 18.1. The summed E-state index contributed by atoms with van der Waals surface area (Å²) in [5.74, 6) is -0.218. The first kappa shape index (κ1) is 17.0. The molecule has 2 heterocycles. The summed E-state index contributed by atoms with van der Waals surface area (Å²) in [6.07, 6.45) is 2.35. The molecule has 1 aromatic heterocycles. The summed E-state index contributed by atoms with van der Waals surface area (Å²) in [6.45, 7) is 5.00. The van der Waals surface area contributed by atoms with E-state index in [1.807, 2.05) is 0 Å². The molecule has 0 amide bonds. The molecule has 0 radical (unpaired) electrons. The number of hydrogen-bond donors (Lipinski definition) is 1. The lowest BCUT2D eigenvalue weighted by Gasteiger charge is -2.27. The Bertz CT molecular complexity index is 943. The number of benzene rings is 2. The minimum atomic E-state index is -0.306. The summed E-state index contributed by atoms with van der Waals surface area (Å²) in [5.41, 5.74) is 5.89. The van der Waals surface area contributed by atoms with Crippen LogP contribution in [-0.4, -0.2) is 28.8 Å². The second-order valence-corrected chi connectivity index (χ2v) is 7.14. The maximum Gasteiger partial charge on any atom is 0.162 e. The number of nitrogens with zero attached hydrogens (tertiary/aromatic N) is 1. The largest absolute Gasteiger partial charge is 0.358 e. The smallest absolute Gasteiger partial charge is 0.162 e. The van der Waals surface area contributed by atoms with Gasteiger partial charge in [-0.25, -0.2) is 4.39 Å². The van der Waals surface area contributed by atoms with E-state index in [-0.39, 0.29) is 11.6 Å². The number of carbonyl (C=O) groups is 1. The lowest BCUT2D eigenvalue weighted by molar-refractivity contribution is 0.0973. The Labute approximate surface area is 152 Å². The second kappa shape index (κ2) is 7.04. The van der Waals surface area contributed by atoms with Crippen molar-refractivity contribution >= 4 is 16.7 Å². The van der Waals surface area contributed by atoms with Crippen LogP contribution < -0.4 is 0 Å². The van der Waals surface area contributed by atoms with E-state index in [1.54, 1.807) is 12.1 Å². The number of ketones is 1. The van der Waals surface area contributed by atoms with Crippen LogP contribution in [0, 0.1) is 12.7 Å². The fraction of sp³-hybridized carbons (Fsp3) is 0.318. The highest BCUT2D eigenvalue weighted by Crippen LogP contribution is 2.29. The number of aryl methyl sites for hydroxylation is 1. The highest BCUT2D eigenvalue weighted by molar-refractivity contribution is 5.96. The molecule has 2 aromatic carbocycles. The molecule has 3 aromatic rings. The van der Waals surface area contributed by atoms with Crippen LogP contribution >= 0.6 is 0 Å². The van der Waals surface area contributed by atoms with Crippen LogP contribution in [0.4, 0.5) is 4.39 Å². The van der Waals surface area contributed by atoms with Crippen LogP contribution in [0.2, 0.25) is 0 Å². The fourth-order valence-electron chi connectivity index (χ4n) is 3.87. The Hall–Kier alpha value is -2.46. The average Bonchev–Trinajstić information content (AvgIpc) is 3.02. The monoisotopic (exact) mass is 350 g/mol. The molecule has 0 aliphatic carbocycles. The van der Waals surface area contributed by atoms with Crippen molar-refractivity contribution in [3.05, 3.63) is 70.7 Å². The number of para-hydroxylation sites is 1. The predicted molar refractivity (Wildman–Crippen MR) is 102 cm³/mol. The van der Waals surface area contributed by atoms with E-state index in [2.05, 4.69) is 35.0 Å². The van der Waals surface area contributed by atoms with E-state index in [4.69, 9.17) is 0 Å². The van der Waals surface area contributed by atoms with Crippen molar-refractivity contribution < 1.29 is 9.18 Å². The quantitative estimate of drug-likeness (QED) is 0.681. The molecule has 3 nitrogen and oxygen atoms in total. The Morgan fingerprint density at radius 1 is 1.19 bits per heavy atom. The van der Waals surface area contributed by atoms with Crippen LogP contribution in [0.25, 0.3) is 10.9 Å². The number of Topliss-reactive ketones (excluding diaryl/α,β-unsaturated/α-hetero) is 1. The Balaban J connectivity index is 1.37. The van der Waals surface area contributed by atoms with E-state index >= 15 is 0 Å². The molecule has 1 aliphatic rings. The van der Waals surface area contributed by atoms with E-state index in [9.17, 15) is 9.18 Å². The molecule has 0 atom stereocenters. The molecular weight excluding hydrogens is 327 g/mol. The summed E-state index contributed by atoms with van der Waals surface area (Å²) in [5, 5.41) is 1.33. The van der Waals surface area contributed by atoms with Gasteiger partial charge in [0.05, 0.1) is 0 Å². The number of aromatic nitrogens is 1. The van der Waals surface area contributed by atoms with Gasteiger partial charge in [-0.05, 0) is 55.3 Å². The molecule has 1 N–H and O–H groups in total. The van der Waals surface area contributed by atoms with Gasteiger partial charge in [-0.3, -0.25) is 9.69 Å². The SMILES string of the molecule is Cc1cccc2c3c([nH]c12)CCN(CCCC(=O)c1ccc(F)cc1)C3. The van der Waals surface area contributed by atoms with Crippen molar-refractivity contribution in [3.8, 4) is 0 Å². The van der Waals surface area contributed by atoms with Crippen molar-refractivity contribution in [1.29, 1.82) is 0 Å². The molecule has 4 rings (SSSR count). The van der Waals surface area contributed by atoms with Crippen molar-refractivity contribution in [2.45, 2.75) is 32.7 Å². The number of H-pyrrole nitrogens is 1. The molecule has 4 heteroatoms.